The van der Waals surface area contributed by atoms with E-state index in [0.29, 0.717) is 10.9 Å². The number of anilines is 1. The highest BCUT2D eigenvalue weighted by atomic mass is 16.5. The highest BCUT2D eigenvalue weighted by molar-refractivity contribution is 5.90. The number of hydrogen-bond donors (Lipinski definition) is 2. The van der Waals surface area contributed by atoms with Crippen LogP contribution >= 0.6 is 0 Å². The SMILES string of the molecule is CC(C)(C)C(C(=O)O)n1c(=O)c(NC(=O)OCc2ccccc2)cc2ccccc21. The van der Waals surface area contributed by atoms with Crippen molar-refractivity contribution < 1.29 is 19.4 Å². The van der Waals surface area contributed by atoms with Crippen molar-refractivity contribution in [2.24, 2.45) is 5.41 Å². The van der Waals surface area contributed by atoms with Crippen LogP contribution in [0.5, 0.6) is 0 Å². The molecular formula is C23H24N2O5. The molecule has 1 aromatic heterocycles. The van der Waals surface area contributed by atoms with Gasteiger partial charge in [0.1, 0.15) is 18.3 Å². The van der Waals surface area contributed by atoms with E-state index in [9.17, 15) is 19.5 Å². The van der Waals surface area contributed by atoms with Crippen LogP contribution in [-0.2, 0) is 16.1 Å². The molecule has 2 N–H and O–H groups in total. The molecular weight excluding hydrogens is 384 g/mol. The molecule has 0 fully saturated rings. The lowest BCUT2D eigenvalue weighted by molar-refractivity contribution is -0.144. The maximum absolute atomic E-state index is 13.2. The zero-order chi connectivity index (χ0) is 21.9. The zero-order valence-corrected chi connectivity index (χ0v) is 17.1. The molecule has 1 atom stereocenters. The number of carbonyl (C=O) groups excluding carboxylic acids is 1. The van der Waals surface area contributed by atoms with E-state index in [2.05, 4.69) is 5.32 Å². The number of nitrogens with zero attached hydrogens (tertiary/aromatic N) is 1. The number of carboxylic acid groups (broad SMARTS) is 1. The van der Waals surface area contributed by atoms with Crippen molar-refractivity contribution in [2.75, 3.05) is 5.32 Å². The first kappa shape index (κ1) is 21.1. The van der Waals surface area contributed by atoms with Gasteiger partial charge in [0.05, 0.1) is 5.52 Å². The molecule has 0 aliphatic rings. The van der Waals surface area contributed by atoms with Crippen molar-refractivity contribution in [2.45, 2.75) is 33.4 Å². The van der Waals surface area contributed by atoms with Gasteiger partial charge in [0.15, 0.2) is 0 Å². The summed E-state index contributed by atoms with van der Waals surface area (Å²) in [7, 11) is 0. The third kappa shape index (κ3) is 4.51. The fraction of sp³-hybridized carbons (Fsp3) is 0.261. The zero-order valence-electron chi connectivity index (χ0n) is 17.1. The number of carboxylic acids is 1. The monoisotopic (exact) mass is 408 g/mol. The first-order valence-electron chi connectivity index (χ1n) is 9.53. The summed E-state index contributed by atoms with van der Waals surface area (Å²) < 4.78 is 6.43. The topological polar surface area (TPSA) is 97.6 Å². The minimum atomic E-state index is -1.13. The van der Waals surface area contributed by atoms with Gasteiger partial charge < -0.3 is 9.84 Å². The third-order valence-corrected chi connectivity index (χ3v) is 4.71. The smallest absolute Gasteiger partial charge is 0.412 e. The Labute approximate surface area is 173 Å². The van der Waals surface area contributed by atoms with E-state index in [1.54, 1.807) is 45.0 Å². The number of fused-ring (bicyclic) bond motifs is 1. The highest BCUT2D eigenvalue weighted by Crippen LogP contribution is 2.32. The van der Waals surface area contributed by atoms with Crippen LogP contribution in [0, 0.1) is 5.41 Å². The molecule has 2 aromatic carbocycles. The van der Waals surface area contributed by atoms with E-state index in [0.717, 1.165) is 5.56 Å². The maximum Gasteiger partial charge on any atom is 0.412 e. The average Bonchev–Trinajstić information content (AvgIpc) is 2.69. The lowest BCUT2D eigenvalue weighted by atomic mass is 9.86. The van der Waals surface area contributed by atoms with Gasteiger partial charge in [-0.3, -0.25) is 14.7 Å². The molecule has 0 aliphatic carbocycles. The van der Waals surface area contributed by atoms with Gasteiger partial charge in [-0.25, -0.2) is 9.59 Å². The molecule has 0 saturated carbocycles. The van der Waals surface area contributed by atoms with Gasteiger partial charge in [-0.2, -0.15) is 0 Å². The summed E-state index contributed by atoms with van der Waals surface area (Å²) in [5, 5.41) is 13.0. The number of aliphatic carboxylic acids is 1. The second-order valence-electron chi connectivity index (χ2n) is 8.09. The summed E-state index contributed by atoms with van der Waals surface area (Å²) >= 11 is 0. The van der Waals surface area contributed by atoms with Crippen LogP contribution < -0.4 is 10.9 Å². The van der Waals surface area contributed by atoms with E-state index in [-0.39, 0.29) is 12.3 Å². The summed E-state index contributed by atoms with van der Waals surface area (Å²) in [6, 6.07) is 16.5. The number of ether oxygens (including phenoxy) is 1. The molecule has 0 saturated heterocycles. The summed E-state index contributed by atoms with van der Waals surface area (Å²) in [6.07, 6.45) is -0.791. The molecule has 3 aromatic rings. The van der Waals surface area contributed by atoms with Crippen molar-refractivity contribution in [1.82, 2.24) is 4.57 Å². The summed E-state index contributed by atoms with van der Waals surface area (Å²) in [5.41, 5.74) is -0.101. The van der Waals surface area contributed by atoms with Gasteiger partial charge in [0.25, 0.3) is 5.56 Å². The Morgan fingerprint density at radius 2 is 1.70 bits per heavy atom. The second-order valence-corrected chi connectivity index (χ2v) is 8.09. The van der Waals surface area contributed by atoms with Gasteiger partial charge in [-0.05, 0) is 23.1 Å². The highest BCUT2D eigenvalue weighted by Gasteiger charge is 2.35. The van der Waals surface area contributed by atoms with Gasteiger partial charge in [0, 0.05) is 5.39 Å². The average molecular weight is 408 g/mol. The molecule has 0 radical (unpaired) electrons. The Hall–Kier alpha value is -3.61. The van der Waals surface area contributed by atoms with Crippen molar-refractivity contribution >= 4 is 28.7 Å². The molecule has 0 spiro atoms. The molecule has 1 unspecified atom stereocenters. The van der Waals surface area contributed by atoms with Crippen molar-refractivity contribution in [3.8, 4) is 0 Å². The predicted molar refractivity (Wildman–Crippen MR) is 115 cm³/mol. The van der Waals surface area contributed by atoms with E-state index < -0.39 is 29.1 Å². The summed E-state index contributed by atoms with van der Waals surface area (Å²) in [5.74, 6) is -1.13. The number of nitrogens with one attached hydrogen (secondary N) is 1. The standard InChI is InChI=1S/C23H24N2O5/c1-23(2,3)19(21(27)28)25-18-12-8-7-11-16(18)13-17(20(25)26)24-22(29)30-14-15-9-5-4-6-10-15/h4-13,19H,14H2,1-3H3,(H,24,29)(H,27,28). The van der Waals surface area contributed by atoms with Crippen molar-refractivity contribution in [3.63, 3.8) is 0 Å². The van der Waals surface area contributed by atoms with Gasteiger partial charge in [-0.1, -0.05) is 69.3 Å². The Morgan fingerprint density at radius 1 is 1.07 bits per heavy atom. The number of pyridine rings is 1. The van der Waals surface area contributed by atoms with Crippen molar-refractivity contribution in [3.05, 3.63) is 76.6 Å². The van der Waals surface area contributed by atoms with Crippen molar-refractivity contribution in [1.29, 1.82) is 0 Å². The second kappa shape index (κ2) is 8.41. The van der Waals surface area contributed by atoms with Crippen LogP contribution in [0.2, 0.25) is 0 Å². The molecule has 0 bridgehead atoms. The number of carbonyl (C=O) groups is 2. The van der Waals surface area contributed by atoms with Gasteiger partial charge in [0.2, 0.25) is 0 Å². The quantitative estimate of drug-likeness (QED) is 0.651. The number of aromatic nitrogens is 1. The lowest BCUT2D eigenvalue weighted by Gasteiger charge is -2.30. The molecule has 156 valence electrons. The maximum atomic E-state index is 13.2. The third-order valence-electron chi connectivity index (χ3n) is 4.71. The summed E-state index contributed by atoms with van der Waals surface area (Å²) in [6.45, 7) is 5.30. The van der Waals surface area contributed by atoms with E-state index in [1.165, 1.54) is 10.6 Å². The Balaban J connectivity index is 2.00. The number of rotatable bonds is 5. The number of benzene rings is 2. The molecule has 0 aliphatic heterocycles. The summed E-state index contributed by atoms with van der Waals surface area (Å²) in [4.78, 5) is 37.6. The van der Waals surface area contributed by atoms with E-state index in [1.807, 2.05) is 30.3 Å². The van der Waals surface area contributed by atoms with E-state index >= 15 is 0 Å². The number of para-hydroxylation sites is 1. The van der Waals surface area contributed by atoms with Crippen LogP contribution in [0.3, 0.4) is 0 Å². The number of hydrogen-bond acceptors (Lipinski definition) is 4. The first-order chi connectivity index (χ1) is 14.2. The van der Waals surface area contributed by atoms with Gasteiger partial charge in [-0.15, -0.1) is 0 Å². The van der Waals surface area contributed by atoms with Crippen LogP contribution in [0.1, 0.15) is 32.4 Å². The molecule has 3 rings (SSSR count). The van der Waals surface area contributed by atoms with E-state index in [4.69, 9.17) is 4.74 Å². The molecule has 1 amide bonds. The fourth-order valence-corrected chi connectivity index (χ4v) is 3.37. The Kier molecular flexibility index (Phi) is 5.91. The predicted octanol–water partition coefficient (Wildman–Crippen LogP) is 4.42. The molecule has 30 heavy (non-hydrogen) atoms. The molecule has 1 heterocycles. The normalized spacial score (nSPS) is 12.4. The molecule has 7 nitrogen and oxygen atoms in total. The molecule has 7 heteroatoms. The number of amides is 1. The van der Waals surface area contributed by atoms with Crippen LogP contribution in [-0.4, -0.2) is 21.7 Å². The lowest BCUT2D eigenvalue weighted by Crippen LogP contribution is -2.39. The van der Waals surface area contributed by atoms with Crippen LogP contribution in [0.4, 0.5) is 10.5 Å². The van der Waals surface area contributed by atoms with Gasteiger partial charge >= 0.3 is 12.1 Å². The minimum absolute atomic E-state index is 0.0396. The van der Waals surface area contributed by atoms with Crippen LogP contribution in [0.15, 0.2) is 65.5 Å². The Bertz CT molecular complexity index is 1130. The minimum Gasteiger partial charge on any atom is -0.480 e. The van der Waals surface area contributed by atoms with Crippen LogP contribution in [0.25, 0.3) is 10.9 Å². The Morgan fingerprint density at radius 3 is 2.33 bits per heavy atom. The largest absolute Gasteiger partial charge is 0.480 e. The first-order valence-corrected chi connectivity index (χ1v) is 9.53. The fourth-order valence-electron chi connectivity index (χ4n) is 3.37.